The summed E-state index contributed by atoms with van der Waals surface area (Å²) in [6, 6.07) is 9.64. The number of nitrogens with zero attached hydrogens (tertiary/aromatic N) is 2. The summed E-state index contributed by atoms with van der Waals surface area (Å²) in [5.74, 6) is 0.218. The summed E-state index contributed by atoms with van der Waals surface area (Å²) in [7, 11) is -3.63. The third-order valence-electron chi connectivity index (χ3n) is 4.60. The number of hydrogen-bond donors (Lipinski definition) is 1. The van der Waals surface area contributed by atoms with Crippen LogP contribution >= 0.6 is 11.3 Å². The first-order chi connectivity index (χ1) is 14.3. The molecule has 2 atom stereocenters. The van der Waals surface area contributed by atoms with Gasteiger partial charge in [-0.25, -0.2) is 13.4 Å². The van der Waals surface area contributed by atoms with Crippen molar-refractivity contribution in [3.63, 3.8) is 0 Å². The van der Waals surface area contributed by atoms with Gasteiger partial charge in [0.05, 0.1) is 23.4 Å². The van der Waals surface area contributed by atoms with E-state index in [1.54, 1.807) is 35.9 Å². The van der Waals surface area contributed by atoms with Gasteiger partial charge in [0, 0.05) is 24.2 Å². The summed E-state index contributed by atoms with van der Waals surface area (Å²) in [5.41, 5.74) is 0.745. The Hall–Kier alpha value is -2.53. The number of aromatic nitrogens is 1. The number of hydrogen-bond acceptors (Lipinski definition) is 7. The first-order valence-corrected chi connectivity index (χ1v) is 11.7. The van der Waals surface area contributed by atoms with Gasteiger partial charge in [0.1, 0.15) is 5.69 Å². The van der Waals surface area contributed by atoms with E-state index in [4.69, 9.17) is 9.15 Å². The van der Waals surface area contributed by atoms with Crippen molar-refractivity contribution in [1.82, 2.24) is 9.29 Å². The second kappa shape index (κ2) is 8.31. The predicted molar refractivity (Wildman–Crippen MR) is 113 cm³/mol. The zero-order valence-electron chi connectivity index (χ0n) is 16.4. The summed E-state index contributed by atoms with van der Waals surface area (Å²) >= 11 is 1.31. The normalized spacial score (nSPS) is 20.2. The second-order valence-corrected chi connectivity index (χ2v) is 9.87. The molecule has 1 fully saturated rings. The highest BCUT2D eigenvalue weighted by Gasteiger charge is 2.32. The number of sulfonamides is 1. The molecule has 3 heterocycles. The van der Waals surface area contributed by atoms with Crippen LogP contribution in [0.1, 0.15) is 24.3 Å². The largest absolute Gasteiger partial charge is 0.462 e. The summed E-state index contributed by atoms with van der Waals surface area (Å²) in [6.45, 7) is 4.33. The fraction of sp³-hybridized carbons (Fsp3) is 0.300. The average Bonchev–Trinajstić information content (AvgIpc) is 3.39. The number of nitrogens with one attached hydrogen (secondary N) is 1. The molecular weight excluding hydrogens is 426 g/mol. The van der Waals surface area contributed by atoms with Crippen molar-refractivity contribution in [3.05, 3.63) is 53.7 Å². The number of furan rings is 1. The lowest BCUT2D eigenvalue weighted by atomic mass is 10.3. The van der Waals surface area contributed by atoms with Crippen LogP contribution in [0, 0.1) is 0 Å². The van der Waals surface area contributed by atoms with E-state index < -0.39 is 10.0 Å². The Morgan fingerprint density at radius 3 is 2.50 bits per heavy atom. The van der Waals surface area contributed by atoms with Gasteiger partial charge in [0.25, 0.3) is 5.91 Å². The lowest BCUT2D eigenvalue weighted by Gasteiger charge is -2.34. The van der Waals surface area contributed by atoms with Crippen LogP contribution in [-0.2, 0) is 14.8 Å². The Bertz CT molecular complexity index is 1110. The van der Waals surface area contributed by atoms with Crippen LogP contribution in [0.15, 0.2) is 57.4 Å². The van der Waals surface area contributed by atoms with Crippen molar-refractivity contribution < 1.29 is 22.4 Å². The Kier molecular flexibility index (Phi) is 5.74. The first kappa shape index (κ1) is 20.7. The number of morpholine rings is 1. The van der Waals surface area contributed by atoms with Gasteiger partial charge in [-0.2, -0.15) is 4.31 Å². The first-order valence-electron chi connectivity index (χ1n) is 9.39. The maximum absolute atomic E-state index is 12.9. The number of rotatable bonds is 5. The predicted octanol–water partition coefficient (Wildman–Crippen LogP) is 3.45. The molecule has 1 saturated heterocycles. The number of benzene rings is 1. The minimum absolute atomic E-state index is 0.161. The van der Waals surface area contributed by atoms with Gasteiger partial charge in [-0.05, 0) is 50.2 Å². The van der Waals surface area contributed by atoms with E-state index in [0.717, 1.165) is 0 Å². The van der Waals surface area contributed by atoms with E-state index in [-0.39, 0.29) is 28.7 Å². The van der Waals surface area contributed by atoms with Gasteiger partial charge in [0.15, 0.2) is 10.8 Å². The highest BCUT2D eigenvalue weighted by atomic mass is 32.2. The Balaban J connectivity index is 1.45. The molecule has 1 aromatic carbocycles. The number of carbonyl (C=O) groups is 1. The molecule has 1 aliphatic heterocycles. The Morgan fingerprint density at radius 1 is 1.17 bits per heavy atom. The molecule has 1 amide bonds. The average molecular weight is 448 g/mol. The van der Waals surface area contributed by atoms with E-state index >= 15 is 0 Å². The van der Waals surface area contributed by atoms with Crippen LogP contribution in [0.4, 0.5) is 5.69 Å². The monoisotopic (exact) mass is 447 g/mol. The van der Waals surface area contributed by atoms with E-state index in [1.807, 2.05) is 13.8 Å². The van der Waals surface area contributed by atoms with Gasteiger partial charge in [-0.1, -0.05) is 0 Å². The molecule has 0 aliphatic carbocycles. The lowest BCUT2D eigenvalue weighted by molar-refractivity contribution is -0.0440. The topological polar surface area (TPSA) is 102 Å². The SMILES string of the molecule is C[C@@H]1CN(S(=O)(=O)c2ccc(NC(=O)c3csc(-c4ccco4)n3)cc2)C[C@H](C)O1. The molecular formula is C20H21N3O5S2. The molecule has 4 rings (SSSR count). The molecule has 30 heavy (non-hydrogen) atoms. The molecule has 158 valence electrons. The fourth-order valence-electron chi connectivity index (χ4n) is 3.27. The van der Waals surface area contributed by atoms with E-state index in [0.29, 0.717) is 29.5 Å². The van der Waals surface area contributed by atoms with Gasteiger partial charge < -0.3 is 14.5 Å². The van der Waals surface area contributed by atoms with Crippen LogP contribution in [0.25, 0.3) is 10.8 Å². The number of thiazole rings is 1. The zero-order valence-corrected chi connectivity index (χ0v) is 18.1. The molecule has 0 bridgehead atoms. The summed E-state index contributed by atoms with van der Waals surface area (Å²) in [5, 5.41) is 4.99. The van der Waals surface area contributed by atoms with Gasteiger partial charge in [0.2, 0.25) is 10.0 Å². The van der Waals surface area contributed by atoms with Crippen LogP contribution in [0.3, 0.4) is 0 Å². The second-order valence-electron chi connectivity index (χ2n) is 7.07. The minimum atomic E-state index is -3.63. The zero-order chi connectivity index (χ0) is 21.3. The van der Waals surface area contributed by atoms with Crippen molar-refractivity contribution in [2.75, 3.05) is 18.4 Å². The van der Waals surface area contributed by atoms with Crippen molar-refractivity contribution in [2.24, 2.45) is 0 Å². The third kappa shape index (κ3) is 4.31. The number of amides is 1. The Morgan fingerprint density at radius 2 is 1.87 bits per heavy atom. The number of ether oxygens (including phenoxy) is 1. The van der Waals surface area contributed by atoms with Crippen molar-refractivity contribution in [2.45, 2.75) is 31.0 Å². The van der Waals surface area contributed by atoms with Gasteiger partial charge >= 0.3 is 0 Å². The fourth-order valence-corrected chi connectivity index (χ4v) is 5.63. The summed E-state index contributed by atoms with van der Waals surface area (Å²) in [6.07, 6.45) is 1.22. The maximum Gasteiger partial charge on any atom is 0.275 e. The molecule has 1 aliphatic rings. The van der Waals surface area contributed by atoms with Crippen LogP contribution in [-0.4, -0.2) is 48.9 Å². The molecule has 0 unspecified atom stereocenters. The van der Waals surface area contributed by atoms with Crippen LogP contribution in [0.2, 0.25) is 0 Å². The summed E-state index contributed by atoms with van der Waals surface area (Å²) in [4.78, 5) is 16.9. The smallest absolute Gasteiger partial charge is 0.275 e. The third-order valence-corrected chi connectivity index (χ3v) is 7.31. The molecule has 2 aromatic heterocycles. The molecule has 0 saturated carbocycles. The van der Waals surface area contributed by atoms with Crippen molar-refractivity contribution in [1.29, 1.82) is 0 Å². The van der Waals surface area contributed by atoms with Crippen molar-refractivity contribution >= 4 is 33.0 Å². The molecule has 10 heteroatoms. The summed E-state index contributed by atoms with van der Waals surface area (Å²) < 4.78 is 38.2. The lowest BCUT2D eigenvalue weighted by Crippen LogP contribution is -2.48. The Labute approximate surface area is 178 Å². The maximum atomic E-state index is 12.9. The molecule has 0 radical (unpaired) electrons. The quantitative estimate of drug-likeness (QED) is 0.643. The van der Waals surface area contributed by atoms with Crippen LogP contribution in [0.5, 0.6) is 0 Å². The minimum Gasteiger partial charge on any atom is -0.462 e. The van der Waals surface area contributed by atoms with Crippen molar-refractivity contribution in [3.8, 4) is 10.8 Å². The van der Waals surface area contributed by atoms with Gasteiger partial charge in [-0.3, -0.25) is 4.79 Å². The van der Waals surface area contributed by atoms with Gasteiger partial charge in [-0.15, -0.1) is 11.3 Å². The molecule has 8 nitrogen and oxygen atoms in total. The highest BCUT2D eigenvalue weighted by Crippen LogP contribution is 2.25. The molecule has 3 aromatic rings. The molecule has 0 spiro atoms. The molecule has 1 N–H and O–H groups in total. The number of carbonyl (C=O) groups excluding carboxylic acids is 1. The van der Waals surface area contributed by atoms with E-state index in [9.17, 15) is 13.2 Å². The standard InChI is InChI=1S/C20H21N3O5S2/c1-13-10-23(11-14(2)28-13)30(25,26)16-7-5-15(6-8-16)21-19(24)17-12-29-20(22-17)18-4-3-9-27-18/h3-9,12-14H,10-11H2,1-2H3,(H,21,24)/t13-,14+. The van der Waals surface area contributed by atoms with E-state index in [1.165, 1.54) is 27.8 Å². The highest BCUT2D eigenvalue weighted by molar-refractivity contribution is 7.89. The van der Waals surface area contributed by atoms with Crippen LogP contribution < -0.4 is 5.32 Å². The van der Waals surface area contributed by atoms with E-state index in [2.05, 4.69) is 10.3 Å². The number of anilines is 1.